The molecule has 1 aromatic carbocycles. The molecule has 1 rings (SSSR count). The summed E-state index contributed by atoms with van der Waals surface area (Å²) in [5, 5.41) is 15.0. The monoisotopic (exact) mass is 187 g/mol. The minimum atomic E-state index is -0.478. The molecule has 0 amide bonds. The van der Waals surface area contributed by atoms with Crippen LogP contribution >= 0.6 is 0 Å². The van der Waals surface area contributed by atoms with Gasteiger partial charge in [0.05, 0.1) is 12.6 Å². The number of rotatable bonds is 4. The van der Waals surface area contributed by atoms with Crippen molar-refractivity contribution in [2.75, 3.05) is 11.9 Å². The summed E-state index contributed by atoms with van der Waals surface area (Å²) in [6, 6.07) is 10.8. The first-order valence-electron chi connectivity index (χ1n) is 4.09. The smallest absolute Gasteiger partial charge is 0.120 e. The zero-order valence-electron chi connectivity index (χ0n) is 7.46. The Bertz CT molecular complexity index is 361. The Morgan fingerprint density at radius 3 is 2.79 bits per heavy atom. The SMILES string of the molecule is N#CC(CN=[N+]=[N-])Nc1ccccc1. The van der Waals surface area contributed by atoms with Crippen molar-refractivity contribution in [3.05, 3.63) is 40.8 Å². The molecule has 0 fully saturated rings. The quantitative estimate of drug-likeness (QED) is 0.445. The highest BCUT2D eigenvalue weighted by Crippen LogP contribution is 2.06. The number of benzene rings is 1. The molecule has 0 aromatic heterocycles. The molecule has 1 unspecified atom stereocenters. The minimum absolute atomic E-state index is 0.127. The standard InChI is InChI=1S/C9H9N5/c10-6-9(7-12-14-11)13-8-4-2-1-3-5-8/h1-5,9,13H,7H2. The Balaban J connectivity index is 2.58. The number of nitrogens with one attached hydrogen (secondary N) is 1. The summed E-state index contributed by atoms with van der Waals surface area (Å²) in [5.41, 5.74) is 8.94. The summed E-state index contributed by atoms with van der Waals surface area (Å²) >= 11 is 0. The van der Waals surface area contributed by atoms with Gasteiger partial charge >= 0.3 is 0 Å². The van der Waals surface area contributed by atoms with Crippen LogP contribution in [0, 0.1) is 11.3 Å². The first-order chi connectivity index (χ1) is 6.86. The van der Waals surface area contributed by atoms with E-state index in [1.165, 1.54) is 0 Å². The predicted octanol–water partition coefficient (Wildman–Crippen LogP) is 2.30. The van der Waals surface area contributed by atoms with E-state index in [1.807, 2.05) is 36.4 Å². The molecule has 0 radical (unpaired) electrons. The van der Waals surface area contributed by atoms with Crippen LogP contribution in [0.4, 0.5) is 5.69 Å². The largest absolute Gasteiger partial charge is 0.370 e. The number of para-hydroxylation sites is 1. The van der Waals surface area contributed by atoms with Crippen molar-refractivity contribution in [1.82, 2.24) is 0 Å². The molecule has 0 saturated heterocycles. The van der Waals surface area contributed by atoms with Crippen LogP contribution in [0.3, 0.4) is 0 Å². The summed E-state index contributed by atoms with van der Waals surface area (Å²) in [6.45, 7) is 0.127. The van der Waals surface area contributed by atoms with Crippen LogP contribution in [0.1, 0.15) is 0 Å². The Kier molecular flexibility index (Phi) is 3.86. The molecule has 1 atom stereocenters. The van der Waals surface area contributed by atoms with E-state index in [2.05, 4.69) is 15.3 Å². The first kappa shape index (κ1) is 9.90. The van der Waals surface area contributed by atoms with Gasteiger partial charge in [0, 0.05) is 10.6 Å². The Morgan fingerprint density at radius 2 is 2.21 bits per heavy atom. The molecule has 1 N–H and O–H groups in total. The number of nitriles is 1. The van der Waals surface area contributed by atoms with Crippen molar-refractivity contribution in [2.24, 2.45) is 5.11 Å². The van der Waals surface area contributed by atoms with Crippen LogP contribution in [0.15, 0.2) is 35.4 Å². The van der Waals surface area contributed by atoms with Gasteiger partial charge in [-0.25, -0.2) is 0 Å². The summed E-state index contributed by atoms with van der Waals surface area (Å²) in [6.07, 6.45) is 0. The van der Waals surface area contributed by atoms with E-state index in [1.54, 1.807) is 0 Å². The normalized spacial score (nSPS) is 10.8. The lowest BCUT2D eigenvalue weighted by atomic mass is 10.2. The molecular weight excluding hydrogens is 178 g/mol. The first-order valence-corrected chi connectivity index (χ1v) is 4.09. The van der Waals surface area contributed by atoms with Gasteiger partial charge in [0.15, 0.2) is 0 Å². The highest BCUT2D eigenvalue weighted by molar-refractivity contribution is 5.44. The van der Waals surface area contributed by atoms with Crippen molar-refractivity contribution in [2.45, 2.75) is 6.04 Å². The van der Waals surface area contributed by atoms with Gasteiger partial charge in [0.1, 0.15) is 6.04 Å². The summed E-state index contributed by atoms with van der Waals surface area (Å²) in [5.74, 6) is 0. The maximum Gasteiger partial charge on any atom is 0.120 e. The van der Waals surface area contributed by atoms with Gasteiger partial charge in [-0.2, -0.15) is 5.26 Å². The molecule has 0 heterocycles. The maximum atomic E-state index is 8.72. The molecule has 0 bridgehead atoms. The Morgan fingerprint density at radius 1 is 1.50 bits per heavy atom. The summed E-state index contributed by atoms with van der Waals surface area (Å²) in [4.78, 5) is 2.60. The highest BCUT2D eigenvalue weighted by atomic mass is 15.1. The molecule has 0 spiro atoms. The van der Waals surface area contributed by atoms with Gasteiger partial charge in [0.2, 0.25) is 0 Å². The van der Waals surface area contributed by atoms with E-state index in [0.29, 0.717) is 0 Å². The third kappa shape index (κ3) is 3.05. The molecular formula is C9H9N5. The van der Waals surface area contributed by atoms with Crippen LogP contribution in [0.25, 0.3) is 10.4 Å². The molecule has 0 saturated carbocycles. The molecule has 0 aliphatic heterocycles. The average molecular weight is 187 g/mol. The highest BCUT2D eigenvalue weighted by Gasteiger charge is 2.03. The van der Waals surface area contributed by atoms with E-state index >= 15 is 0 Å². The number of anilines is 1. The molecule has 70 valence electrons. The van der Waals surface area contributed by atoms with Crippen molar-refractivity contribution in [3.63, 3.8) is 0 Å². The van der Waals surface area contributed by atoms with E-state index in [9.17, 15) is 0 Å². The minimum Gasteiger partial charge on any atom is -0.370 e. The fourth-order valence-corrected chi connectivity index (χ4v) is 0.972. The molecule has 0 aliphatic carbocycles. The lowest BCUT2D eigenvalue weighted by molar-refractivity contribution is 0.880. The van der Waals surface area contributed by atoms with Crippen molar-refractivity contribution < 1.29 is 0 Å². The third-order valence-electron chi connectivity index (χ3n) is 1.60. The third-order valence-corrected chi connectivity index (χ3v) is 1.60. The molecule has 1 aromatic rings. The predicted molar refractivity (Wildman–Crippen MR) is 53.5 cm³/mol. The summed E-state index contributed by atoms with van der Waals surface area (Å²) in [7, 11) is 0. The zero-order chi connectivity index (χ0) is 10.2. The van der Waals surface area contributed by atoms with E-state index in [0.717, 1.165) is 5.69 Å². The second kappa shape index (κ2) is 5.46. The summed E-state index contributed by atoms with van der Waals surface area (Å²) < 4.78 is 0. The van der Waals surface area contributed by atoms with Crippen molar-refractivity contribution in [1.29, 1.82) is 5.26 Å². The van der Waals surface area contributed by atoms with Gasteiger partial charge in [-0.1, -0.05) is 23.3 Å². The van der Waals surface area contributed by atoms with E-state index in [-0.39, 0.29) is 6.54 Å². The number of hydrogen-bond donors (Lipinski definition) is 1. The van der Waals surface area contributed by atoms with E-state index in [4.69, 9.17) is 10.8 Å². The van der Waals surface area contributed by atoms with Gasteiger partial charge in [-0.05, 0) is 17.7 Å². The molecule has 5 heteroatoms. The topological polar surface area (TPSA) is 84.6 Å². The van der Waals surface area contributed by atoms with Crippen LogP contribution in [0.2, 0.25) is 0 Å². The molecule has 5 nitrogen and oxygen atoms in total. The van der Waals surface area contributed by atoms with Gasteiger partial charge in [0.25, 0.3) is 0 Å². The Labute approximate surface area is 81.6 Å². The Hall–Kier alpha value is -2.18. The van der Waals surface area contributed by atoms with E-state index < -0.39 is 6.04 Å². The van der Waals surface area contributed by atoms with Crippen LogP contribution in [0.5, 0.6) is 0 Å². The van der Waals surface area contributed by atoms with Crippen molar-refractivity contribution in [3.8, 4) is 6.07 Å². The average Bonchev–Trinajstić information content (AvgIpc) is 2.25. The zero-order valence-corrected chi connectivity index (χ0v) is 7.46. The van der Waals surface area contributed by atoms with Gasteiger partial charge in [-0.15, -0.1) is 0 Å². The maximum absolute atomic E-state index is 8.72. The fourth-order valence-electron chi connectivity index (χ4n) is 0.972. The number of azide groups is 1. The molecule has 14 heavy (non-hydrogen) atoms. The number of hydrogen-bond acceptors (Lipinski definition) is 3. The fraction of sp³-hybridized carbons (Fsp3) is 0.222. The van der Waals surface area contributed by atoms with Crippen LogP contribution in [-0.2, 0) is 0 Å². The van der Waals surface area contributed by atoms with Gasteiger partial charge < -0.3 is 5.32 Å². The van der Waals surface area contributed by atoms with Gasteiger partial charge in [-0.3, -0.25) is 0 Å². The van der Waals surface area contributed by atoms with Crippen LogP contribution < -0.4 is 5.32 Å². The lowest BCUT2D eigenvalue weighted by Crippen LogP contribution is -2.20. The van der Waals surface area contributed by atoms with Crippen molar-refractivity contribution >= 4 is 5.69 Å². The second-order valence-electron chi connectivity index (χ2n) is 2.61. The lowest BCUT2D eigenvalue weighted by Gasteiger charge is -2.09. The second-order valence-corrected chi connectivity index (χ2v) is 2.61. The number of nitrogens with zero attached hydrogens (tertiary/aromatic N) is 4. The molecule has 0 aliphatic rings. The van der Waals surface area contributed by atoms with Crippen LogP contribution in [-0.4, -0.2) is 12.6 Å².